The highest BCUT2D eigenvalue weighted by Gasteiger charge is 2.71. The van der Waals surface area contributed by atoms with E-state index in [1.165, 1.54) is 31.4 Å². The molecule has 0 rings (SSSR count). The fourth-order valence-corrected chi connectivity index (χ4v) is 2.52. The van der Waals surface area contributed by atoms with Crippen LogP contribution in [0.5, 0.6) is 0 Å². The van der Waals surface area contributed by atoms with Gasteiger partial charge in [-0.2, -0.15) is 0 Å². The number of rotatable bonds is 17. The highest BCUT2D eigenvalue weighted by atomic mass is 16.7. The lowest BCUT2D eigenvalue weighted by atomic mass is 10.00. The second kappa shape index (κ2) is 15.7. The molecule has 10 heteroatoms. The molecule has 0 aliphatic rings. The van der Waals surface area contributed by atoms with E-state index in [9.17, 15) is 35.1 Å². The summed E-state index contributed by atoms with van der Waals surface area (Å²) in [6, 6.07) is -2.35. The second-order valence-electron chi connectivity index (χ2n) is 6.47. The summed E-state index contributed by atoms with van der Waals surface area (Å²) < 4.78 is 0. The van der Waals surface area contributed by atoms with Gasteiger partial charge in [0, 0.05) is 11.3 Å². The molecule has 0 aromatic rings. The fraction of sp³-hybridized carbons (Fsp3) is 0.550. The number of carbonyl (C=O) groups excluding carboxylic acids is 1. The first-order valence-corrected chi connectivity index (χ1v) is 9.76. The third-order valence-electron chi connectivity index (χ3n) is 4.24. The Morgan fingerprint density at radius 2 is 1.27 bits per heavy atom. The first-order chi connectivity index (χ1) is 14.3. The Balaban J connectivity index is 4.44. The monoisotopic (exact) mass is 422 g/mol. The Hall–Kier alpha value is -3.17. The standard InChI is InChI=1S/C20H28N3O7/c1-2-3-4-5-6-7-8-9-10-11-12-13-14-15-16-17-19(21(25)26)20(18-24,22(27)28)23(29)30/h6-7,9-10,12-13,15-16,19H,2-5,8,11,14,17H2,1H3/b7-6+,10-9+,13-12+,16-15+. The fourth-order valence-electron chi connectivity index (χ4n) is 2.52. The van der Waals surface area contributed by atoms with Crippen molar-refractivity contribution < 1.29 is 19.6 Å². The quantitative estimate of drug-likeness (QED) is 0.111. The summed E-state index contributed by atoms with van der Waals surface area (Å²) >= 11 is 0. The van der Waals surface area contributed by atoms with Crippen molar-refractivity contribution in [2.75, 3.05) is 0 Å². The van der Waals surface area contributed by atoms with Crippen LogP contribution >= 0.6 is 0 Å². The normalized spacial score (nSPS) is 13.5. The number of allylic oxidation sites excluding steroid dienone is 7. The molecular weight excluding hydrogens is 394 g/mol. The molecular formula is C20H28N3O7. The van der Waals surface area contributed by atoms with Crippen LogP contribution in [0.15, 0.2) is 48.6 Å². The minimum atomic E-state index is -3.63. The molecule has 165 valence electrons. The van der Waals surface area contributed by atoms with Crippen molar-refractivity contribution in [1.82, 2.24) is 0 Å². The van der Waals surface area contributed by atoms with E-state index in [-0.39, 0.29) is 0 Å². The maximum atomic E-state index is 11.1. The van der Waals surface area contributed by atoms with Gasteiger partial charge in [0.1, 0.15) is 9.85 Å². The first kappa shape index (κ1) is 26.8. The van der Waals surface area contributed by atoms with Gasteiger partial charge in [0.05, 0.1) is 0 Å². The van der Waals surface area contributed by atoms with E-state index >= 15 is 0 Å². The summed E-state index contributed by atoms with van der Waals surface area (Å²) in [4.78, 5) is 39.5. The maximum absolute atomic E-state index is 11.1. The van der Waals surface area contributed by atoms with Crippen molar-refractivity contribution in [2.24, 2.45) is 0 Å². The molecule has 0 aliphatic heterocycles. The summed E-state index contributed by atoms with van der Waals surface area (Å²) in [6.45, 7) is 2.17. The predicted octanol–water partition coefficient (Wildman–Crippen LogP) is 4.36. The third-order valence-corrected chi connectivity index (χ3v) is 4.24. The van der Waals surface area contributed by atoms with Gasteiger partial charge < -0.3 is 0 Å². The molecule has 1 atom stereocenters. The van der Waals surface area contributed by atoms with E-state index < -0.39 is 32.9 Å². The second-order valence-corrected chi connectivity index (χ2v) is 6.47. The van der Waals surface area contributed by atoms with Gasteiger partial charge in [0.15, 0.2) is 0 Å². The van der Waals surface area contributed by atoms with Crippen LogP contribution in [0.2, 0.25) is 0 Å². The zero-order valence-corrected chi connectivity index (χ0v) is 17.1. The summed E-state index contributed by atoms with van der Waals surface area (Å²) in [5.41, 5.74) is -3.63. The van der Waals surface area contributed by atoms with E-state index in [2.05, 4.69) is 19.1 Å². The number of nitro groups is 3. The lowest BCUT2D eigenvalue weighted by molar-refractivity contribution is -0.810. The number of unbranched alkanes of at least 4 members (excludes halogenated alkanes) is 3. The first-order valence-electron chi connectivity index (χ1n) is 9.76. The molecule has 0 spiro atoms. The topological polar surface area (TPSA) is 146 Å². The summed E-state index contributed by atoms with van der Waals surface area (Å²) in [6.07, 6.45) is 21.5. The van der Waals surface area contributed by atoms with E-state index in [4.69, 9.17) is 0 Å². The molecule has 1 radical (unpaired) electrons. The minimum Gasteiger partial charge on any atom is -0.273 e. The van der Waals surface area contributed by atoms with Crippen molar-refractivity contribution >= 4 is 6.29 Å². The molecule has 0 aromatic heterocycles. The highest BCUT2D eigenvalue weighted by Crippen LogP contribution is 2.20. The Bertz CT molecular complexity index is 670. The van der Waals surface area contributed by atoms with Crippen LogP contribution in [0.1, 0.15) is 58.3 Å². The van der Waals surface area contributed by atoms with Crippen molar-refractivity contribution in [1.29, 1.82) is 0 Å². The van der Waals surface area contributed by atoms with Gasteiger partial charge in [0.25, 0.3) is 0 Å². The predicted molar refractivity (Wildman–Crippen MR) is 112 cm³/mol. The Labute approximate surface area is 175 Å². The van der Waals surface area contributed by atoms with Crippen LogP contribution in [0.3, 0.4) is 0 Å². The van der Waals surface area contributed by atoms with Crippen molar-refractivity contribution in [3.8, 4) is 0 Å². The van der Waals surface area contributed by atoms with Gasteiger partial charge >= 0.3 is 18.0 Å². The van der Waals surface area contributed by atoms with Crippen molar-refractivity contribution in [3.63, 3.8) is 0 Å². The Kier molecular flexibility index (Phi) is 14.1. The molecule has 0 amide bonds. The smallest absolute Gasteiger partial charge is 0.273 e. The van der Waals surface area contributed by atoms with Gasteiger partial charge in [-0.3, -0.25) is 35.1 Å². The zero-order valence-electron chi connectivity index (χ0n) is 17.1. The molecule has 10 nitrogen and oxygen atoms in total. The van der Waals surface area contributed by atoms with Crippen LogP contribution in [-0.2, 0) is 4.79 Å². The largest absolute Gasteiger partial charge is 0.589 e. The van der Waals surface area contributed by atoms with Crippen molar-refractivity contribution in [3.05, 3.63) is 79.0 Å². The minimum absolute atomic E-state index is 0.393. The third kappa shape index (κ3) is 9.35. The van der Waals surface area contributed by atoms with Crippen molar-refractivity contribution in [2.45, 2.75) is 70.0 Å². The molecule has 0 aliphatic carbocycles. The zero-order chi connectivity index (χ0) is 22.8. The van der Waals surface area contributed by atoms with Crippen LogP contribution in [0, 0.1) is 30.3 Å². The van der Waals surface area contributed by atoms with Gasteiger partial charge in [-0.15, -0.1) is 0 Å². The van der Waals surface area contributed by atoms with Gasteiger partial charge in [-0.1, -0.05) is 68.4 Å². The SMILES string of the molecule is CCCCC/C=C/C/C=C/C/C=C/C/C=C/CC([N+](=O)[O-])C([C]=O)([N+](=O)[O-])[N+](=O)[O-]. The number of hydrogen-bond donors (Lipinski definition) is 0. The Morgan fingerprint density at radius 1 is 0.800 bits per heavy atom. The van der Waals surface area contributed by atoms with E-state index in [0.29, 0.717) is 19.1 Å². The van der Waals surface area contributed by atoms with E-state index in [1.807, 2.05) is 18.2 Å². The lowest BCUT2D eigenvalue weighted by Gasteiger charge is -2.13. The van der Waals surface area contributed by atoms with E-state index in [1.54, 1.807) is 6.08 Å². The molecule has 0 saturated carbocycles. The van der Waals surface area contributed by atoms with Gasteiger partial charge in [0.2, 0.25) is 0 Å². The lowest BCUT2D eigenvalue weighted by Crippen LogP contribution is -2.59. The molecule has 0 bridgehead atoms. The van der Waals surface area contributed by atoms with E-state index in [0.717, 1.165) is 12.8 Å². The molecule has 30 heavy (non-hydrogen) atoms. The van der Waals surface area contributed by atoms with Crippen LogP contribution in [0.25, 0.3) is 0 Å². The van der Waals surface area contributed by atoms with Crippen LogP contribution in [-0.4, -0.2) is 32.8 Å². The molecule has 0 aromatic carbocycles. The van der Waals surface area contributed by atoms with Crippen LogP contribution in [0.4, 0.5) is 0 Å². The van der Waals surface area contributed by atoms with Gasteiger partial charge in [-0.25, -0.2) is 0 Å². The maximum Gasteiger partial charge on any atom is 0.589 e. The van der Waals surface area contributed by atoms with Gasteiger partial charge in [-0.05, 0) is 32.1 Å². The molecule has 0 heterocycles. The molecule has 0 saturated heterocycles. The molecule has 0 fully saturated rings. The summed E-state index contributed by atoms with van der Waals surface area (Å²) in [5.74, 6) is 0. The van der Waals surface area contributed by atoms with Crippen LogP contribution < -0.4 is 0 Å². The summed E-state index contributed by atoms with van der Waals surface area (Å²) in [7, 11) is 0. The average molecular weight is 422 g/mol. The number of nitrogens with zero attached hydrogens (tertiary/aromatic N) is 3. The number of hydrogen-bond acceptors (Lipinski definition) is 7. The highest BCUT2D eigenvalue weighted by molar-refractivity contribution is 5.61. The molecule has 0 N–H and O–H groups in total. The molecule has 1 unspecified atom stereocenters. The summed E-state index contributed by atoms with van der Waals surface area (Å²) in [5, 5.41) is 33.0. The Morgan fingerprint density at radius 3 is 1.67 bits per heavy atom. The average Bonchev–Trinajstić information content (AvgIpc) is 2.69.